The average Bonchev–Trinajstić information content (AvgIpc) is 3.21. The van der Waals surface area contributed by atoms with E-state index >= 15 is 0 Å². The number of phenolic OH excluding ortho intramolecular Hbond substituents is 1. The van der Waals surface area contributed by atoms with Gasteiger partial charge in [0.1, 0.15) is 48.0 Å². The van der Waals surface area contributed by atoms with Crippen molar-refractivity contribution in [3.8, 4) is 5.75 Å². The van der Waals surface area contributed by atoms with Crippen LogP contribution >= 0.6 is 0 Å². The molecule has 0 aliphatic rings. The zero-order valence-electron chi connectivity index (χ0n) is 37.8. The molecule has 66 heavy (non-hydrogen) atoms. The lowest BCUT2D eigenvalue weighted by Crippen LogP contribution is -2.61. The minimum Gasteiger partial charge on any atom is -0.508 e. The van der Waals surface area contributed by atoms with Crippen LogP contribution in [0.5, 0.6) is 5.75 Å². The summed E-state index contributed by atoms with van der Waals surface area (Å²) in [6.45, 7) is 9.63. The van der Waals surface area contributed by atoms with Crippen molar-refractivity contribution in [3.05, 3.63) is 29.8 Å². The van der Waals surface area contributed by atoms with Crippen LogP contribution in [0.3, 0.4) is 0 Å². The van der Waals surface area contributed by atoms with Gasteiger partial charge < -0.3 is 74.4 Å². The molecule has 368 valence electrons. The van der Waals surface area contributed by atoms with Gasteiger partial charge in [0.15, 0.2) is 0 Å². The number of carbonyl (C=O) groups excluding carboxylic acids is 9. The van der Waals surface area contributed by atoms with Gasteiger partial charge in [-0.2, -0.15) is 0 Å². The summed E-state index contributed by atoms with van der Waals surface area (Å²) in [5, 5.41) is 57.8. The lowest BCUT2D eigenvalue weighted by atomic mass is 9.99. The highest BCUT2D eigenvalue weighted by Gasteiger charge is 2.35. The van der Waals surface area contributed by atoms with E-state index in [4.69, 9.17) is 11.5 Å². The Morgan fingerprint density at radius 1 is 0.606 bits per heavy atom. The molecule has 0 radical (unpaired) electrons. The fourth-order valence-electron chi connectivity index (χ4n) is 5.92. The molecule has 0 aliphatic heterocycles. The maximum Gasteiger partial charge on any atom is 0.326 e. The number of hydrogen-bond acceptors (Lipinski definition) is 14. The van der Waals surface area contributed by atoms with E-state index in [9.17, 15) is 73.2 Å². The first-order chi connectivity index (χ1) is 30.6. The predicted molar refractivity (Wildman–Crippen MR) is 232 cm³/mol. The number of aliphatic hydroxyl groups excluding tert-OH is 1. The summed E-state index contributed by atoms with van der Waals surface area (Å²) >= 11 is 0. The lowest BCUT2D eigenvalue weighted by molar-refractivity contribution is -0.144. The molecule has 0 spiro atoms. The highest BCUT2D eigenvalue weighted by atomic mass is 16.4. The third-order valence-corrected chi connectivity index (χ3v) is 9.57. The number of benzene rings is 1. The Hall–Kier alpha value is -6.89. The molecule has 25 heteroatoms. The number of aromatic hydroxyl groups is 1. The number of nitrogens with two attached hydrogens (primary N) is 2. The number of carbonyl (C=O) groups is 11. The molecule has 0 fully saturated rings. The van der Waals surface area contributed by atoms with E-state index in [0.717, 1.165) is 0 Å². The summed E-state index contributed by atoms with van der Waals surface area (Å²) in [5.74, 6) is -12.6. The van der Waals surface area contributed by atoms with Crippen LogP contribution in [0.2, 0.25) is 0 Å². The normalized spacial score (nSPS) is 15.1. The summed E-state index contributed by atoms with van der Waals surface area (Å²) in [6.07, 6.45) is -3.59. The number of phenols is 1. The average molecular weight is 937 g/mol. The molecule has 0 saturated heterocycles. The highest BCUT2D eigenvalue weighted by Crippen LogP contribution is 2.14. The van der Waals surface area contributed by atoms with Crippen LogP contribution in [0.4, 0.5) is 0 Å². The smallest absolute Gasteiger partial charge is 0.326 e. The van der Waals surface area contributed by atoms with Gasteiger partial charge in [0.2, 0.25) is 53.2 Å². The Balaban J connectivity index is 3.33. The maximum atomic E-state index is 14.0. The Morgan fingerprint density at radius 3 is 1.64 bits per heavy atom. The number of aliphatic hydroxyl groups is 1. The summed E-state index contributed by atoms with van der Waals surface area (Å²) in [5.41, 5.74) is 11.0. The first kappa shape index (κ1) is 57.1. The zero-order valence-corrected chi connectivity index (χ0v) is 37.8. The molecule has 16 N–H and O–H groups in total. The fraction of sp³-hybridized carbons (Fsp3) is 0.585. The molecule has 0 unspecified atom stereocenters. The van der Waals surface area contributed by atoms with Crippen molar-refractivity contribution < 1.29 is 73.2 Å². The minimum atomic E-state index is -1.86. The molecule has 25 nitrogen and oxygen atoms in total. The fourth-order valence-corrected chi connectivity index (χ4v) is 5.92. The predicted octanol–water partition coefficient (Wildman–Crippen LogP) is -4.28. The van der Waals surface area contributed by atoms with Gasteiger partial charge in [-0.3, -0.25) is 47.9 Å². The van der Waals surface area contributed by atoms with E-state index < -0.39 is 151 Å². The van der Waals surface area contributed by atoms with E-state index in [1.54, 1.807) is 13.8 Å². The van der Waals surface area contributed by atoms with Crippen LogP contribution in [0, 0.1) is 11.8 Å². The third kappa shape index (κ3) is 20.7. The number of primary amides is 1. The number of carboxylic acid groups (broad SMARTS) is 2. The zero-order chi connectivity index (χ0) is 50.6. The topological polar surface area (TPSA) is 417 Å². The van der Waals surface area contributed by atoms with Crippen LogP contribution < -0.4 is 54.0 Å². The number of rotatable bonds is 28. The van der Waals surface area contributed by atoms with Crippen LogP contribution in [-0.4, -0.2) is 147 Å². The Kier molecular flexibility index (Phi) is 23.8. The monoisotopic (exact) mass is 936 g/mol. The van der Waals surface area contributed by atoms with Crippen molar-refractivity contribution in [2.45, 2.75) is 135 Å². The van der Waals surface area contributed by atoms with Gasteiger partial charge in [0, 0.05) is 12.8 Å². The van der Waals surface area contributed by atoms with Crippen molar-refractivity contribution >= 4 is 65.1 Å². The second-order valence-corrected chi connectivity index (χ2v) is 16.4. The van der Waals surface area contributed by atoms with Gasteiger partial charge in [-0.25, -0.2) is 4.79 Å². The van der Waals surface area contributed by atoms with Crippen LogP contribution in [0.15, 0.2) is 24.3 Å². The Labute approximate surface area is 380 Å². The van der Waals surface area contributed by atoms with E-state index in [1.165, 1.54) is 58.9 Å². The van der Waals surface area contributed by atoms with Crippen LogP contribution in [-0.2, 0) is 59.2 Å². The summed E-state index contributed by atoms with van der Waals surface area (Å²) in [4.78, 5) is 140. The first-order valence-electron chi connectivity index (χ1n) is 21.0. The quantitative estimate of drug-likeness (QED) is 0.0378. The second kappa shape index (κ2) is 27.4. The largest absolute Gasteiger partial charge is 0.508 e. The standard InChI is InChI=1S/C41H64N10O15/c1-18(2)14-26(46-30(55)17-44-39(63)33(22(7)52)51-35(59)21(6)45-34(58)20(5)42)36(60)48-27(15-23-8-10-24(53)11-9-23)38(62)50-32(19(3)4)40(64)49-28(16-31(56)57)37(61)47-25(41(65)66)12-13-29(43)54/h8-11,18-22,25-28,32-33,52-53H,12-17,42H2,1-7H3,(H2,43,54)(H,44,63)(H,45,58)(H,46,55)(H,47,61)(H,48,60)(H,49,64)(H,50,62)(H,51,59)(H,56,57)(H,65,66)/t20-,21-,22+,25-,26-,27-,28-,32-,33-/m0/s1. The van der Waals surface area contributed by atoms with E-state index in [0.29, 0.717) is 5.56 Å². The third-order valence-electron chi connectivity index (χ3n) is 9.57. The molecule has 0 aliphatic carbocycles. The summed E-state index contributed by atoms with van der Waals surface area (Å²) in [7, 11) is 0. The number of nitrogens with one attached hydrogen (secondary N) is 8. The molecule has 0 aromatic heterocycles. The maximum absolute atomic E-state index is 14.0. The van der Waals surface area contributed by atoms with Crippen molar-refractivity contribution in [2.75, 3.05) is 6.54 Å². The lowest BCUT2D eigenvalue weighted by Gasteiger charge is -2.28. The van der Waals surface area contributed by atoms with Gasteiger partial charge in [-0.15, -0.1) is 0 Å². The molecule has 0 heterocycles. The number of amides is 9. The highest BCUT2D eigenvalue weighted by molar-refractivity contribution is 5.98. The Morgan fingerprint density at radius 2 is 1.14 bits per heavy atom. The van der Waals surface area contributed by atoms with Crippen LogP contribution in [0.25, 0.3) is 0 Å². The molecule has 1 aromatic rings. The van der Waals surface area contributed by atoms with Crippen LogP contribution in [0.1, 0.15) is 79.7 Å². The van der Waals surface area contributed by atoms with Crippen molar-refractivity contribution in [2.24, 2.45) is 23.3 Å². The number of carboxylic acids is 2. The molecule has 9 amide bonds. The molecule has 1 aromatic carbocycles. The van der Waals surface area contributed by atoms with Gasteiger partial charge in [-0.05, 0) is 63.1 Å². The minimum absolute atomic E-state index is 0.00572. The van der Waals surface area contributed by atoms with E-state index in [2.05, 4.69) is 42.5 Å². The summed E-state index contributed by atoms with van der Waals surface area (Å²) in [6, 6.07) is -5.97. The van der Waals surface area contributed by atoms with E-state index in [1.807, 2.05) is 0 Å². The molecular weight excluding hydrogens is 873 g/mol. The number of aliphatic carboxylic acids is 2. The Bertz CT molecular complexity index is 1910. The molecule has 1 rings (SSSR count). The van der Waals surface area contributed by atoms with Crippen molar-refractivity contribution in [1.29, 1.82) is 0 Å². The summed E-state index contributed by atoms with van der Waals surface area (Å²) < 4.78 is 0. The SMILES string of the molecule is CC(C)C[C@H](NC(=O)CNC(=O)[C@@H](NC(=O)[C@H](C)NC(=O)[C@H](C)N)[C@@H](C)O)C(=O)N[C@@H](Cc1ccc(O)cc1)C(=O)N[C@H](C(=O)N[C@@H](CC(=O)O)C(=O)N[C@@H](CCC(N)=O)C(=O)O)C(C)C. The number of hydrogen-bond donors (Lipinski definition) is 14. The van der Waals surface area contributed by atoms with Gasteiger partial charge in [0.25, 0.3) is 0 Å². The first-order valence-corrected chi connectivity index (χ1v) is 21.0. The molecule has 0 saturated carbocycles. The van der Waals surface area contributed by atoms with Crippen molar-refractivity contribution in [1.82, 2.24) is 42.5 Å². The second-order valence-electron chi connectivity index (χ2n) is 16.4. The molecular formula is C41H64N10O15. The van der Waals surface area contributed by atoms with Gasteiger partial charge in [0.05, 0.1) is 25.1 Å². The molecule has 0 bridgehead atoms. The van der Waals surface area contributed by atoms with Gasteiger partial charge >= 0.3 is 11.9 Å². The molecule has 9 atom stereocenters. The van der Waals surface area contributed by atoms with Gasteiger partial charge in [-0.1, -0.05) is 39.8 Å². The van der Waals surface area contributed by atoms with E-state index in [-0.39, 0.29) is 24.5 Å². The van der Waals surface area contributed by atoms with Crippen molar-refractivity contribution in [3.63, 3.8) is 0 Å².